The Bertz CT molecular complexity index is 105. The van der Waals surface area contributed by atoms with Gasteiger partial charge in [0.05, 0.1) is 0 Å². The van der Waals surface area contributed by atoms with E-state index in [2.05, 4.69) is 6.58 Å². The normalized spacial score (nSPS) is 16.0. The number of hydrogen-bond donors (Lipinski definition) is 1. The summed E-state index contributed by atoms with van der Waals surface area (Å²) in [5.74, 6) is -0.981. The van der Waals surface area contributed by atoms with Crippen LogP contribution < -0.4 is 0 Å². The van der Waals surface area contributed by atoms with Gasteiger partial charge in [0.2, 0.25) is 0 Å². The number of carboxylic acid groups (broad SMARTS) is 1. The molecule has 3 heteroatoms. The van der Waals surface area contributed by atoms with E-state index >= 15 is 0 Å². The van der Waals surface area contributed by atoms with Gasteiger partial charge in [0.1, 0.15) is 0 Å². The van der Waals surface area contributed by atoms with Crippen molar-refractivity contribution in [1.29, 1.82) is 0 Å². The lowest BCUT2D eigenvalue weighted by Gasteiger charge is -2.08. The van der Waals surface area contributed by atoms with Gasteiger partial charge >= 0.3 is 5.97 Å². The summed E-state index contributed by atoms with van der Waals surface area (Å²) in [5.41, 5.74) is 0. The van der Waals surface area contributed by atoms with Gasteiger partial charge in [-0.15, -0.1) is 0 Å². The highest BCUT2D eigenvalue weighted by Crippen LogP contribution is 2.02. The summed E-state index contributed by atoms with van der Waals surface area (Å²) >= 11 is 0. The van der Waals surface area contributed by atoms with Gasteiger partial charge in [-0.05, 0) is 19.3 Å². The Morgan fingerprint density at radius 1 is 1.36 bits per heavy atom. The molecule has 11 heavy (non-hydrogen) atoms. The molecule has 0 aliphatic carbocycles. The smallest absolute Gasteiger partial charge is 0.327 e. The van der Waals surface area contributed by atoms with Crippen LogP contribution in [0.25, 0.3) is 0 Å². The molecule has 3 nitrogen and oxygen atoms in total. The minimum Gasteiger partial charge on any atom is -0.478 e. The molecule has 0 aromatic carbocycles. The summed E-state index contributed by atoms with van der Waals surface area (Å²) in [6, 6.07) is 0. The van der Waals surface area contributed by atoms with Crippen LogP contribution in [0.4, 0.5) is 0 Å². The zero-order valence-electron chi connectivity index (χ0n) is 6.58. The Morgan fingerprint density at radius 3 is 1.91 bits per heavy atom. The molecule has 1 aliphatic rings. The Hall–Kier alpha value is -0.830. The van der Waals surface area contributed by atoms with Crippen LogP contribution in [0.5, 0.6) is 0 Å². The molecule has 1 rings (SSSR count). The van der Waals surface area contributed by atoms with Crippen LogP contribution >= 0.6 is 0 Å². The van der Waals surface area contributed by atoms with Gasteiger partial charge in [0.15, 0.2) is 0 Å². The van der Waals surface area contributed by atoms with Crippen molar-refractivity contribution in [1.82, 2.24) is 0 Å². The second kappa shape index (κ2) is 7.28. The van der Waals surface area contributed by atoms with Gasteiger partial charge in [0.25, 0.3) is 0 Å². The lowest BCUT2D eigenvalue weighted by molar-refractivity contribution is -0.131. The van der Waals surface area contributed by atoms with Gasteiger partial charge in [-0.25, -0.2) is 4.79 Å². The SMILES string of the molecule is C1CCOCC1.C=CC(=O)O. The number of hydrogen-bond acceptors (Lipinski definition) is 2. The molecule has 0 amide bonds. The Kier molecular flexibility index (Phi) is 6.73. The fraction of sp³-hybridized carbons (Fsp3) is 0.625. The number of rotatable bonds is 1. The maximum absolute atomic E-state index is 9.25. The Labute approximate surface area is 66.7 Å². The Balaban J connectivity index is 0.000000187. The molecule has 0 bridgehead atoms. The summed E-state index contributed by atoms with van der Waals surface area (Å²) in [6.45, 7) is 4.96. The second-order valence-electron chi connectivity index (χ2n) is 2.22. The third kappa shape index (κ3) is 9.17. The van der Waals surface area contributed by atoms with Gasteiger partial charge in [-0.2, -0.15) is 0 Å². The number of carboxylic acids is 1. The quantitative estimate of drug-likeness (QED) is 0.587. The molecule has 1 fully saturated rings. The molecule has 1 saturated heterocycles. The monoisotopic (exact) mass is 158 g/mol. The van der Waals surface area contributed by atoms with Crippen LogP contribution in [0.2, 0.25) is 0 Å². The zero-order valence-corrected chi connectivity index (χ0v) is 6.58. The topological polar surface area (TPSA) is 46.5 Å². The predicted molar refractivity (Wildman–Crippen MR) is 42.5 cm³/mol. The Morgan fingerprint density at radius 2 is 1.82 bits per heavy atom. The van der Waals surface area contributed by atoms with Gasteiger partial charge in [0, 0.05) is 19.3 Å². The van der Waals surface area contributed by atoms with Crippen LogP contribution in [-0.2, 0) is 9.53 Å². The standard InChI is InChI=1S/C5H10O.C3H4O2/c1-2-4-6-5-3-1;1-2-3(4)5/h1-5H2;2H,1H2,(H,4,5). The number of ether oxygens (including phenoxy) is 1. The minimum absolute atomic E-state index is 0.833. The third-order valence-corrected chi connectivity index (χ3v) is 1.25. The first-order valence-electron chi connectivity index (χ1n) is 3.70. The van der Waals surface area contributed by atoms with Crippen LogP contribution in [0.15, 0.2) is 12.7 Å². The first kappa shape index (κ1) is 10.2. The summed E-state index contributed by atoms with van der Waals surface area (Å²) in [7, 11) is 0. The fourth-order valence-electron chi connectivity index (χ4n) is 0.687. The first-order chi connectivity index (χ1) is 5.27. The number of carbonyl (C=O) groups is 1. The van der Waals surface area contributed by atoms with Crippen LogP contribution in [-0.4, -0.2) is 24.3 Å². The van der Waals surface area contributed by atoms with E-state index < -0.39 is 5.97 Å². The van der Waals surface area contributed by atoms with E-state index in [0.717, 1.165) is 19.3 Å². The van der Waals surface area contributed by atoms with E-state index in [4.69, 9.17) is 9.84 Å². The van der Waals surface area contributed by atoms with Crippen molar-refractivity contribution in [2.75, 3.05) is 13.2 Å². The second-order valence-corrected chi connectivity index (χ2v) is 2.22. The van der Waals surface area contributed by atoms with E-state index in [-0.39, 0.29) is 0 Å². The van der Waals surface area contributed by atoms with E-state index in [0.29, 0.717) is 0 Å². The molecule has 0 aromatic rings. The van der Waals surface area contributed by atoms with Crippen molar-refractivity contribution in [3.8, 4) is 0 Å². The predicted octanol–water partition coefficient (Wildman–Crippen LogP) is 1.44. The summed E-state index contributed by atoms with van der Waals surface area (Å²) in [5, 5.41) is 7.60. The first-order valence-corrected chi connectivity index (χ1v) is 3.70. The van der Waals surface area contributed by atoms with Crippen LogP contribution in [0.3, 0.4) is 0 Å². The number of aliphatic carboxylic acids is 1. The molecule has 0 unspecified atom stereocenters. The highest BCUT2D eigenvalue weighted by Gasteiger charge is 1.94. The molecule has 0 radical (unpaired) electrons. The van der Waals surface area contributed by atoms with Crippen molar-refractivity contribution in [3.63, 3.8) is 0 Å². The molecule has 0 spiro atoms. The van der Waals surface area contributed by atoms with Crippen molar-refractivity contribution in [2.24, 2.45) is 0 Å². The molecule has 1 aliphatic heterocycles. The van der Waals surface area contributed by atoms with Gasteiger partial charge in [-0.3, -0.25) is 0 Å². The molecule has 0 saturated carbocycles. The molecular weight excluding hydrogens is 144 g/mol. The summed E-state index contributed by atoms with van der Waals surface area (Å²) in [6.07, 6.45) is 4.76. The van der Waals surface area contributed by atoms with Crippen LogP contribution in [0.1, 0.15) is 19.3 Å². The maximum atomic E-state index is 9.25. The molecule has 0 atom stereocenters. The van der Waals surface area contributed by atoms with E-state index in [1.165, 1.54) is 19.3 Å². The van der Waals surface area contributed by atoms with Crippen molar-refractivity contribution < 1.29 is 14.6 Å². The van der Waals surface area contributed by atoms with Crippen molar-refractivity contribution in [2.45, 2.75) is 19.3 Å². The molecule has 0 aromatic heterocycles. The average Bonchev–Trinajstić information content (AvgIpc) is 2.09. The molecule has 1 N–H and O–H groups in total. The maximum Gasteiger partial charge on any atom is 0.327 e. The highest BCUT2D eigenvalue weighted by molar-refractivity contribution is 5.78. The summed E-state index contributed by atoms with van der Waals surface area (Å²) in [4.78, 5) is 9.25. The average molecular weight is 158 g/mol. The van der Waals surface area contributed by atoms with E-state index in [9.17, 15) is 4.79 Å². The fourth-order valence-corrected chi connectivity index (χ4v) is 0.687. The molecule has 64 valence electrons. The third-order valence-electron chi connectivity index (χ3n) is 1.25. The van der Waals surface area contributed by atoms with Crippen LogP contribution in [0, 0.1) is 0 Å². The lowest BCUT2D eigenvalue weighted by atomic mass is 10.2. The van der Waals surface area contributed by atoms with Gasteiger partial charge in [-0.1, -0.05) is 6.58 Å². The van der Waals surface area contributed by atoms with E-state index in [1.807, 2.05) is 0 Å². The zero-order chi connectivity index (χ0) is 8.53. The molecular formula is C8H14O3. The summed E-state index contributed by atoms with van der Waals surface area (Å²) < 4.78 is 5.07. The molecule has 1 heterocycles. The van der Waals surface area contributed by atoms with Gasteiger partial charge < -0.3 is 9.84 Å². The largest absolute Gasteiger partial charge is 0.478 e. The van der Waals surface area contributed by atoms with Crippen molar-refractivity contribution >= 4 is 5.97 Å². The van der Waals surface area contributed by atoms with E-state index in [1.54, 1.807) is 0 Å². The van der Waals surface area contributed by atoms with Crippen molar-refractivity contribution in [3.05, 3.63) is 12.7 Å². The lowest BCUT2D eigenvalue weighted by Crippen LogP contribution is -2.03. The highest BCUT2D eigenvalue weighted by atomic mass is 16.5. The minimum atomic E-state index is -0.981.